The number of hydrogen-bond donors (Lipinski definition) is 2. The molecule has 0 spiro atoms. The lowest BCUT2D eigenvalue weighted by molar-refractivity contribution is 0.476. The Hall–Kier alpha value is -3.90. The van der Waals surface area contributed by atoms with Gasteiger partial charge in [0.1, 0.15) is 11.0 Å². The Morgan fingerprint density at radius 1 is 0.806 bits per heavy atom. The van der Waals surface area contributed by atoms with Crippen molar-refractivity contribution in [1.82, 2.24) is 14.5 Å². The van der Waals surface area contributed by atoms with E-state index in [4.69, 9.17) is 0 Å². The maximum absolute atomic E-state index is 10.6. The summed E-state index contributed by atoms with van der Waals surface area (Å²) < 4.78 is 3.24. The number of nitrogens with zero attached hydrogens (tertiary/aromatic N) is 3. The summed E-state index contributed by atoms with van der Waals surface area (Å²) in [5.41, 5.74) is 2.93. The zero-order chi connectivity index (χ0) is 20.9. The Balaban J connectivity index is 1.34. The number of fused-ring (bicyclic) bond motifs is 3. The molecule has 0 atom stereocenters. The normalized spacial score (nSPS) is 11.6. The average Bonchev–Trinajstić information content (AvgIpc) is 3.43. The first kappa shape index (κ1) is 17.9. The number of hydrogen-bond acceptors (Lipinski definition) is 5. The Morgan fingerprint density at radius 2 is 1.45 bits per heavy atom. The molecule has 3 aromatic carbocycles. The van der Waals surface area contributed by atoms with Crippen molar-refractivity contribution < 1.29 is 10.2 Å². The fourth-order valence-corrected chi connectivity index (χ4v) is 5.09. The monoisotopic (exact) mass is 423 g/mol. The Kier molecular flexibility index (Phi) is 3.94. The summed E-state index contributed by atoms with van der Waals surface area (Å²) >= 11 is 1.79. The molecule has 0 saturated heterocycles. The van der Waals surface area contributed by atoms with Crippen molar-refractivity contribution in [2.75, 3.05) is 0 Å². The molecule has 0 fully saturated rings. The van der Waals surface area contributed by atoms with Crippen LogP contribution < -0.4 is 0 Å². The summed E-state index contributed by atoms with van der Waals surface area (Å²) in [5, 5.41) is 23.6. The lowest BCUT2D eigenvalue weighted by atomic mass is 10.1. The number of benzene rings is 3. The van der Waals surface area contributed by atoms with Crippen LogP contribution in [0.2, 0.25) is 0 Å². The second-order valence-corrected chi connectivity index (χ2v) is 8.64. The highest BCUT2D eigenvalue weighted by Crippen LogP contribution is 2.40. The summed E-state index contributed by atoms with van der Waals surface area (Å²) in [5.74, 6) is 0.0736. The number of aromatic hydroxyl groups is 2. The van der Waals surface area contributed by atoms with Crippen LogP contribution in [0, 0.1) is 0 Å². The predicted molar refractivity (Wildman–Crippen MR) is 125 cm³/mol. The van der Waals surface area contributed by atoms with Gasteiger partial charge in [-0.1, -0.05) is 42.5 Å². The summed E-state index contributed by atoms with van der Waals surface area (Å²) in [6, 6.07) is 19.2. The van der Waals surface area contributed by atoms with E-state index in [-0.39, 0.29) is 11.5 Å². The molecule has 3 aromatic heterocycles. The minimum atomic E-state index is 0.0368. The lowest BCUT2D eigenvalue weighted by Crippen LogP contribution is -1.95. The number of phenolic OH excluding ortho intramolecular Hbond substituents is 2. The molecule has 0 amide bonds. The largest absolute Gasteiger partial charge is 0.505 e. The summed E-state index contributed by atoms with van der Waals surface area (Å²) in [4.78, 5) is 9.57. The summed E-state index contributed by atoms with van der Waals surface area (Å²) in [6.45, 7) is 0.622. The first-order valence-electron chi connectivity index (χ1n) is 9.89. The van der Waals surface area contributed by atoms with Gasteiger partial charge in [-0.05, 0) is 28.6 Å². The van der Waals surface area contributed by atoms with Crippen molar-refractivity contribution in [3.05, 3.63) is 84.9 Å². The average molecular weight is 423 g/mol. The third kappa shape index (κ3) is 2.92. The van der Waals surface area contributed by atoms with Crippen LogP contribution in [-0.2, 0) is 6.54 Å². The number of rotatable bonds is 3. The molecule has 6 rings (SSSR count). The van der Waals surface area contributed by atoms with Gasteiger partial charge in [-0.25, -0.2) is 9.97 Å². The van der Waals surface area contributed by atoms with Crippen LogP contribution in [0.25, 0.3) is 42.3 Å². The minimum Gasteiger partial charge on any atom is -0.505 e. The third-order valence-corrected chi connectivity index (χ3v) is 6.73. The van der Waals surface area contributed by atoms with E-state index in [1.165, 1.54) is 32.9 Å². The molecule has 2 N–H and O–H groups in total. The zero-order valence-corrected chi connectivity index (χ0v) is 17.2. The molecule has 0 aliphatic heterocycles. The molecular weight excluding hydrogens is 406 g/mol. The Bertz CT molecular complexity index is 1490. The van der Waals surface area contributed by atoms with Crippen molar-refractivity contribution in [2.45, 2.75) is 6.54 Å². The van der Waals surface area contributed by atoms with Crippen LogP contribution in [0.5, 0.6) is 11.5 Å². The van der Waals surface area contributed by atoms with Crippen LogP contribution in [0.1, 0.15) is 5.56 Å². The molecule has 0 bridgehead atoms. The lowest BCUT2D eigenvalue weighted by Gasteiger charge is -2.04. The Labute approximate surface area is 181 Å². The molecule has 3 heterocycles. The van der Waals surface area contributed by atoms with Crippen LogP contribution in [0.15, 0.2) is 79.4 Å². The van der Waals surface area contributed by atoms with E-state index < -0.39 is 0 Å². The molecule has 5 nitrogen and oxygen atoms in total. The fourth-order valence-electron chi connectivity index (χ4n) is 4.03. The maximum Gasteiger partial charge on any atom is 0.153 e. The minimum absolute atomic E-state index is 0.0368. The molecule has 6 heteroatoms. The molecule has 0 aliphatic rings. The van der Waals surface area contributed by atoms with Gasteiger partial charge in [0.05, 0.1) is 0 Å². The molecule has 150 valence electrons. The molecule has 0 radical (unpaired) electrons. The van der Waals surface area contributed by atoms with Crippen molar-refractivity contribution in [2.24, 2.45) is 0 Å². The zero-order valence-electron chi connectivity index (χ0n) is 16.4. The SMILES string of the molecule is Oc1c2cn(Cc3ccc(-c4cc5ccccc5s4)cc3)cc2c(O)c2nccnc12. The van der Waals surface area contributed by atoms with Gasteiger partial charge in [0.25, 0.3) is 0 Å². The predicted octanol–water partition coefficient (Wildman–Crippen LogP) is 5.93. The highest BCUT2D eigenvalue weighted by Gasteiger charge is 2.16. The fraction of sp³-hybridized carbons (Fsp3) is 0.0400. The van der Waals surface area contributed by atoms with E-state index in [2.05, 4.69) is 64.6 Å². The second-order valence-electron chi connectivity index (χ2n) is 7.55. The van der Waals surface area contributed by atoms with Crippen molar-refractivity contribution in [3.8, 4) is 21.9 Å². The first-order valence-corrected chi connectivity index (χ1v) is 10.7. The molecular formula is C25H17N3O2S. The second kappa shape index (κ2) is 6.82. The smallest absolute Gasteiger partial charge is 0.153 e. The van der Waals surface area contributed by atoms with E-state index in [1.807, 2.05) is 17.0 Å². The van der Waals surface area contributed by atoms with Crippen molar-refractivity contribution >= 4 is 43.2 Å². The van der Waals surface area contributed by atoms with Gasteiger partial charge in [-0.3, -0.25) is 0 Å². The van der Waals surface area contributed by atoms with E-state index >= 15 is 0 Å². The number of aromatic nitrogens is 3. The van der Waals surface area contributed by atoms with Crippen LogP contribution in [-0.4, -0.2) is 24.7 Å². The maximum atomic E-state index is 10.6. The van der Waals surface area contributed by atoms with Crippen LogP contribution >= 0.6 is 11.3 Å². The van der Waals surface area contributed by atoms with E-state index in [1.54, 1.807) is 11.3 Å². The Morgan fingerprint density at radius 3 is 2.10 bits per heavy atom. The van der Waals surface area contributed by atoms with E-state index in [0.717, 1.165) is 5.56 Å². The van der Waals surface area contributed by atoms with Gasteiger partial charge in [-0.15, -0.1) is 11.3 Å². The first-order chi connectivity index (χ1) is 15.2. The van der Waals surface area contributed by atoms with Gasteiger partial charge >= 0.3 is 0 Å². The highest BCUT2D eigenvalue weighted by molar-refractivity contribution is 7.22. The van der Waals surface area contributed by atoms with E-state index in [9.17, 15) is 10.2 Å². The van der Waals surface area contributed by atoms with Crippen molar-refractivity contribution in [3.63, 3.8) is 0 Å². The van der Waals surface area contributed by atoms with Crippen LogP contribution in [0.3, 0.4) is 0 Å². The number of thiophene rings is 1. The quantitative estimate of drug-likeness (QED) is 0.346. The molecule has 0 aliphatic carbocycles. The summed E-state index contributed by atoms with van der Waals surface area (Å²) in [6.07, 6.45) is 6.67. The highest BCUT2D eigenvalue weighted by atomic mass is 32.1. The van der Waals surface area contributed by atoms with E-state index in [0.29, 0.717) is 28.4 Å². The topological polar surface area (TPSA) is 71.2 Å². The van der Waals surface area contributed by atoms with Crippen LogP contribution in [0.4, 0.5) is 0 Å². The van der Waals surface area contributed by atoms with Gasteiger partial charge < -0.3 is 14.8 Å². The molecule has 6 aromatic rings. The summed E-state index contributed by atoms with van der Waals surface area (Å²) in [7, 11) is 0. The van der Waals surface area contributed by atoms with Gasteiger partial charge in [0, 0.05) is 51.7 Å². The van der Waals surface area contributed by atoms with Gasteiger partial charge in [0.2, 0.25) is 0 Å². The van der Waals surface area contributed by atoms with Gasteiger partial charge in [-0.2, -0.15) is 0 Å². The standard InChI is InChI=1S/C25H17N3O2S/c29-24-18-13-28(14-19(18)25(30)23-22(24)26-9-10-27-23)12-15-5-7-16(8-6-15)21-11-17-3-1-2-4-20(17)31-21/h1-11,13-14,29-30H,12H2. The van der Waals surface area contributed by atoms with Gasteiger partial charge in [0.15, 0.2) is 11.5 Å². The van der Waals surface area contributed by atoms with Crippen molar-refractivity contribution in [1.29, 1.82) is 0 Å². The third-order valence-electron chi connectivity index (χ3n) is 5.57. The molecule has 0 unspecified atom stereocenters. The molecule has 0 saturated carbocycles. The molecule has 31 heavy (non-hydrogen) atoms. The number of phenols is 2.